The molecule has 0 spiro atoms. The van der Waals surface area contributed by atoms with Crippen molar-refractivity contribution in [2.75, 3.05) is 20.1 Å². The minimum Gasteiger partial charge on any atom is -0.306 e. The van der Waals surface area contributed by atoms with Gasteiger partial charge in [0.15, 0.2) is 0 Å². The van der Waals surface area contributed by atoms with Crippen molar-refractivity contribution < 1.29 is 0 Å². The van der Waals surface area contributed by atoms with Gasteiger partial charge in [-0.25, -0.2) is 0 Å². The topological polar surface area (TPSA) is 3.24 Å². The van der Waals surface area contributed by atoms with Crippen molar-refractivity contribution >= 4 is 0 Å². The van der Waals surface area contributed by atoms with Crippen molar-refractivity contribution in [2.24, 2.45) is 22.7 Å². The van der Waals surface area contributed by atoms with Gasteiger partial charge < -0.3 is 4.90 Å². The summed E-state index contributed by atoms with van der Waals surface area (Å²) in [4.78, 5) is 2.66. The van der Waals surface area contributed by atoms with Crippen molar-refractivity contribution in [1.82, 2.24) is 4.90 Å². The summed E-state index contributed by atoms with van der Waals surface area (Å²) in [5, 5.41) is 0. The SMILES string of the molecule is C=C(C)CC1(CC2CCCCCCCC2)CCN(C)CC2CC2(C2=C/C=C\C=C/C=C2)CC1. The first-order chi connectivity index (χ1) is 16.0. The molecule has 33 heavy (non-hydrogen) atoms. The van der Waals surface area contributed by atoms with E-state index in [0.29, 0.717) is 10.8 Å². The molecule has 1 saturated heterocycles. The maximum Gasteiger partial charge on any atom is 0.00155 e. The highest BCUT2D eigenvalue weighted by Gasteiger charge is 2.56. The molecule has 1 heteroatoms. The molecule has 3 atom stereocenters. The predicted molar refractivity (Wildman–Crippen MR) is 144 cm³/mol. The van der Waals surface area contributed by atoms with E-state index in [1.165, 1.54) is 109 Å². The summed E-state index contributed by atoms with van der Waals surface area (Å²) in [6.45, 7) is 9.24. The van der Waals surface area contributed by atoms with E-state index in [0.717, 1.165) is 11.8 Å². The average molecular weight is 448 g/mol. The third-order valence-corrected chi connectivity index (χ3v) is 9.33. The van der Waals surface area contributed by atoms with Gasteiger partial charge in [0.1, 0.15) is 0 Å². The maximum atomic E-state index is 4.44. The molecule has 0 aromatic heterocycles. The Bertz CT molecular complexity index is 772. The minimum absolute atomic E-state index is 0.392. The van der Waals surface area contributed by atoms with Gasteiger partial charge in [-0.05, 0) is 87.3 Å². The highest BCUT2D eigenvalue weighted by atomic mass is 15.1. The molecule has 0 N–H and O–H groups in total. The second-order valence-corrected chi connectivity index (χ2v) is 12.2. The lowest BCUT2D eigenvalue weighted by molar-refractivity contribution is 0.140. The number of hydrogen-bond donors (Lipinski definition) is 0. The van der Waals surface area contributed by atoms with Crippen LogP contribution in [0.3, 0.4) is 0 Å². The number of nitrogens with zero attached hydrogens (tertiary/aromatic N) is 1. The highest BCUT2D eigenvalue weighted by molar-refractivity contribution is 5.40. The molecule has 2 saturated carbocycles. The van der Waals surface area contributed by atoms with E-state index in [4.69, 9.17) is 0 Å². The van der Waals surface area contributed by atoms with Gasteiger partial charge in [-0.3, -0.25) is 0 Å². The van der Waals surface area contributed by atoms with Crippen molar-refractivity contribution in [1.29, 1.82) is 0 Å². The standard InChI is InChI=1S/C32H49N/c1-27(2)23-31(24-28-15-11-7-4-5-8-12-16-28)19-20-32(25-30(32)26-33(3)22-21-31)29-17-13-9-6-10-14-18-29/h6,9-10,13-14,17-18,28,30H,1,4-5,7-8,11-12,15-16,19-26H2,2-3H3/b9-6-,10-6?,13-9?,14-10-,17-13?,18-14?,29-17?,29-18?. The van der Waals surface area contributed by atoms with E-state index >= 15 is 0 Å². The molecule has 3 aliphatic carbocycles. The summed E-state index contributed by atoms with van der Waals surface area (Å²) in [6.07, 6.45) is 35.7. The first kappa shape index (κ1) is 24.8. The molecule has 4 rings (SSSR count). The summed E-state index contributed by atoms with van der Waals surface area (Å²) in [5.74, 6) is 1.74. The minimum atomic E-state index is 0.392. The first-order valence-electron chi connectivity index (χ1n) is 14.1. The molecule has 1 heterocycles. The lowest BCUT2D eigenvalue weighted by Gasteiger charge is -2.39. The summed E-state index contributed by atoms with van der Waals surface area (Å²) in [7, 11) is 2.38. The van der Waals surface area contributed by atoms with Crippen LogP contribution in [-0.4, -0.2) is 25.0 Å². The summed E-state index contributed by atoms with van der Waals surface area (Å²) >= 11 is 0. The monoisotopic (exact) mass is 447 g/mol. The normalized spacial score (nSPS) is 36.3. The van der Waals surface area contributed by atoms with E-state index in [1.54, 1.807) is 5.57 Å². The number of fused-ring (bicyclic) bond motifs is 1. The molecule has 1 nitrogen and oxygen atoms in total. The van der Waals surface area contributed by atoms with Crippen LogP contribution in [0.1, 0.15) is 96.8 Å². The van der Waals surface area contributed by atoms with Gasteiger partial charge in [-0.15, -0.1) is 6.58 Å². The molecule has 0 bridgehead atoms. The Morgan fingerprint density at radius 1 is 0.939 bits per heavy atom. The van der Waals surface area contributed by atoms with Crippen LogP contribution in [0.25, 0.3) is 0 Å². The van der Waals surface area contributed by atoms with E-state index in [9.17, 15) is 0 Å². The molecule has 0 aromatic rings. The van der Waals surface area contributed by atoms with Crippen LogP contribution < -0.4 is 0 Å². The van der Waals surface area contributed by atoms with Crippen LogP contribution >= 0.6 is 0 Å². The highest BCUT2D eigenvalue weighted by Crippen LogP contribution is 2.64. The molecule has 3 unspecified atom stereocenters. The summed E-state index contributed by atoms with van der Waals surface area (Å²) in [5.41, 5.74) is 3.81. The third kappa shape index (κ3) is 6.62. The second kappa shape index (κ2) is 11.4. The Hall–Kier alpha value is -1.34. The van der Waals surface area contributed by atoms with Crippen LogP contribution in [0.2, 0.25) is 0 Å². The van der Waals surface area contributed by atoms with Gasteiger partial charge in [0, 0.05) is 6.54 Å². The number of rotatable bonds is 5. The lowest BCUT2D eigenvalue weighted by Crippen LogP contribution is -2.31. The number of allylic oxidation sites excluding steroid dienone is 9. The Morgan fingerprint density at radius 3 is 2.39 bits per heavy atom. The Balaban J connectivity index is 1.57. The molecule has 182 valence electrons. The van der Waals surface area contributed by atoms with Crippen LogP contribution in [0.15, 0.2) is 60.3 Å². The van der Waals surface area contributed by atoms with Gasteiger partial charge in [0.2, 0.25) is 0 Å². The molecule has 1 aliphatic heterocycles. The van der Waals surface area contributed by atoms with Gasteiger partial charge in [-0.1, -0.05) is 99.5 Å². The molecule has 3 fully saturated rings. The molecule has 0 radical (unpaired) electrons. The quantitative estimate of drug-likeness (QED) is 0.380. The smallest absolute Gasteiger partial charge is 0.00155 e. The fourth-order valence-corrected chi connectivity index (χ4v) is 7.46. The zero-order valence-electron chi connectivity index (χ0n) is 21.7. The van der Waals surface area contributed by atoms with Crippen LogP contribution in [0.4, 0.5) is 0 Å². The fraction of sp³-hybridized carbons (Fsp3) is 0.688. The van der Waals surface area contributed by atoms with Crippen molar-refractivity contribution in [3.05, 3.63) is 60.3 Å². The average Bonchev–Trinajstić information content (AvgIpc) is 3.40. The molecular weight excluding hydrogens is 398 g/mol. The second-order valence-electron chi connectivity index (χ2n) is 12.2. The van der Waals surface area contributed by atoms with E-state index in [-0.39, 0.29) is 0 Å². The van der Waals surface area contributed by atoms with Gasteiger partial charge in [0.05, 0.1) is 0 Å². The lowest BCUT2D eigenvalue weighted by atomic mass is 9.66. The van der Waals surface area contributed by atoms with Crippen molar-refractivity contribution in [2.45, 2.75) is 96.8 Å². The largest absolute Gasteiger partial charge is 0.306 e. The zero-order chi connectivity index (χ0) is 23.2. The van der Waals surface area contributed by atoms with E-state index in [2.05, 4.69) is 68.0 Å². The third-order valence-electron chi connectivity index (χ3n) is 9.33. The summed E-state index contributed by atoms with van der Waals surface area (Å²) < 4.78 is 0. The van der Waals surface area contributed by atoms with E-state index < -0.39 is 0 Å². The van der Waals surface area contributed by atoms with Crippen LogP contribution in [-0.2, 0) is 0 Å². The first-order valence-corrected chi connectivity index (χ1v) is 14.1. The van der Waals surface area contributed by atoms with E-state index in [1.807, 2.05) is 0 Å². The van der Waals surface area contributed by atoms with Crippen molar-refractivity contribution in [3.63, 3.8) is 0 Å². The maximum absolute atomic E-state index is 4.44. The molecule has 0 amide bonds. The van der Waals surface area contributed by atoms with Crippen molar-refractivity contribution in [3.8, 4) is 0 Å². The molecule has 0 aromatic carbocycles. The van der Waals surface area contributed by atoms with Crippen LogP contribution in [0.5, 0.6) is 0 Å². The van der Waals surface area contributed by atoms with Gasteiger partial charge >= 0.3 is 0 Å². The number of hydrogen-bond acceptors (Lipinski definition) is 1. The summed E-state index contributed by atoms with van der Waals surface area (Å²) in [6, 6.07) is 0. The molecule has 4 aliphatic rings. The van der Waals surface area contributed by atoms with Crippen LogP contribution in [0, 0.1) is 22.7 Å². The van der Waals surface area contributed by atoms with Gasteiger partial charge in [0.25, 0.3) is 0 Å². The molecular formula is C32H49N. The fourth-order valence-electron chi connectivity index (χ4n) is 7.46. The Labute approximate surface area is 204 Å². The Kier molecular flexibility index (Phi) is 8.55. The zero-order valence-corrected chi connectivity index (χ0v) is 21.7. The predicted octanol–water partition coefficient (Wildman–Crippen LogP) is 8.81. The van der Waals surface area contributed by atoms with Gasteiger partial charge in [-0.2, -0.15) is 0 Å². The Morgan fingerprint density at radius 2 is 1.64 bits per heavy atom.